The molecule has 0 aliphatic heterocycles. The van der Waals surface area contributed by atoms with Gasteiger partial charge in [0.1, 0.15) is 0 Å². The molecule has 0 aromatic carbocycles. The van der Waals surface area contributed by atoms with Crippen LogP contribution in [0.3, 0.4) is 0 Å². The molecule has 0 spiro atoms. The molecule has 0 bridgehead atoms. The van der Waals surface area contributed by atoms with E-state index in [1.165, 1.54) is 0 Å². The molecule has 0 saturated heterocycles. The van der Waals surface area contributed by atoms with Crippen molar-refractivity contribution in [1.82, 2.24) is 0 Å². The summed E-state index contributed by atoms with van der Waals surface area (Å²) in [6, 6.07) is 0. The summed E-state index contributed by atoms with van der Waals surface area (Å²) in [7, 11) is 0. The summed E-state index contributed by atoms with van der Waals surface area (Å²) < 4.78 is 54.9. The van der Waals surface area contributed by atoms with E-state index in [1.807, 2.05) is 0 Å². The second kappa shape index (κ2) is 1.29. The van der Waals surface area contributed by atoms with Gasteiger partial charge < -0.3 is 0 Å². The molecular formula is CF5NOTe. The predicted molar refractivity (Wildman–Crippen MR) is 19.4 cm³/mol. The Morgan fingerprint density at radius 2 is 1.44 bits per heavy atom. The van der Waals surface area contributed by atoms with Crippen LogP contribution in [0.4, 0.5) is 14.5 Å². The molecule has 0 fully saturated rings. The van der Waals surface area contributed by atoms with Crippen LogP contribution in [-0.4, -0.2) is 24.6 Å². The molecular weight excluding hydrogens is 265 g/mol. The van der Waals surface area contributed by atoms with Crippen LogP contribution >= 0.6 is 0 Å². The van der Waals surface area contributed by atoms with Crippen LogP contribution in [0, 0.1) is 0 Å². The summed E-state index contributed by atoms with van der Waals surface area (Å²) >= 11 is -10.6. The SMILES string of the molecule is O=C=N[Te](F)(F)(F)(F)F. The fourth-order valence-electron chi connectivity index (χ4n) is 0.0704. The van der Waals surface area contributed by atoms with E-state index in [1.54, 1.807) is 0 Å². The van der Waals surface area contributed by atoms with Gasteiger partial charge in [0.05, 0.1) is 0 Å². The Hall–Kier alpha value is -0.180. The summed E-state index contributed by atoms with van der Waals surface area (Å²) in [6.45, 7) is 0. The van der Waals surface area contributed by atoms with Gasteiger partial charge in [-0.1, -0.05) is 0 Å². The van der Waals surface area contributed by atoms with E-state index in [0.29, 0.717) is 3.24 Å². The minimum atomic E-state index is -10.6. The zero-order valence-corrected chi connectivity index (χ0v) is 5.98. The number of halogens is 5. The van der Waals surface area contributed by atoms with Crippen molar-refractivity contribution >= 4 is 24.6 Å². The number of isocyanates is 1. The zero-order chi connectivity index (χ0) is 7.82. The molecule has 0 amide bonds. The zero-order valence-electron chi connectivity index (χ0n) is 3.65. The van der Waals surface area contributed by atoms with Crippen molar-refractivity contribution in [2.24, 2.45) is 3.24 Å². The van der Waals surface area contributed by atoms with Gasteiger partial charge >= 0.3 is 47.1 Å². The molecule has 9 heavy (non-hydrogen) atoms. The molecule has 0 heterocycles. The quantitative estimate of drug-likeness (QED) is 0.305. The van der Waals surface area contributed by atoms with E-state index in [0.717, 1.165) is 0 Å². The van der Waals surface area contributed by atoms with Crippen molar-refractivity contribution < 1.29 is 19.3 Å². The van der Waals surface area contributed by atoms with Crippen molar-refractivity contribution in [3.8, 4) is 0 Å². The number of carbonyl (C=O) groups excluding carboxylic acids is 1. The van der Waals surface area contributed by atoms with Crippen LogP contribution in [-0.2, 0) is 4.79 Å². The molecule has 0 aromatic rings. The van der Waals surface area contributed by atoms with Crippen molar-refractivity contribution in [2.45, 2.75) is 0 Å². The first kappa shape index (κ1) is 8.82. The van der Waals surface area contributed by atoms with Crippen molar-refractivity contribution in [2.75, 3.05) is 0 Å². The van der Waals surface area contributed by atoms with Gasteiger partial charge in [-0.2, -0.15) is 0 Å². The molecule has 0 rings (SSSR count). The van der Waals surface area contributed by atoms with Crippen molar-refractivity contribution in [3.05, 3.63) is 0 Å². The van der Waals surface area contributed by atoms with Crippen molar-refractivity contribution in [1.29, 1.82) is 0 Å². The molecule has 0 N–H and O–H groups in total. The Morgan fingerprint density at radius 1 is 1.11 bits per heavy atom. The average molecular weight is 265 g/mol. The predicted octanol–water partition coefficient (Wildman–Crippen LogP) is 1.51. The maximum atomic E-state index is 10.9. The third-order valence-electron chi connectivity index (χ3n) is 0.210. The van der Waals surface area contributed by atoms with Crippen LogP contribution in [0.1, 0.15) is 0 Å². The summed E-state index contributed by atoms with van der Waals surface area (Å²) in [4.78, 5) is 8.79. The van der Waals surface area contributed by atoms with Gasteiger partial charge in [0.25, 0.3) is 0 Å². The van der Waals surface area contributed by atoms with Crippen LogP contribution in [0.15, 0.2) is 3.24 Å². The Labute approximate surface area is 47.7 Å². The molecule has 8 heteroatoms. The molecule has 56 valence electrons. The molecule has 0 aliphatic carbocycles. The van der Waals surface area contributed by atoms with Crippen LogP contribution in [0.25, 0.3) is 0 Å². The molecule has 0 unspecified atom stereocenters. The van der Waals surface area contributed by atoms with Gasteiger partial charge in [-0.05, 0) is 0 Å². The normalized spacial score (nSPS) is 19.2. The van der Waals surface area contributed by atoms with Crippen LogP contribution in [0.2, 0.25) is 0 Å². The standard InChI is InChI=1S/CF5NOTe/c2-9(3,4,5,6)7-1-8. The van der Waals surface area contributed by atoms with E-state index in [-0.39, 0.29) is 6.08 Å². The Kier molecular flexibility index (Phi) is 1.26. The number of nitrogens with zero attached hydrogens (tertiary/aromatic N) is 1. The summed E-state index contributed by atoms with van der Waals surface area (Å²) in [5, 5.41) is 0. The van der Waals surface area contributed by atoms with E-state index in [9.17, 15) is 14.5 Å². The first-order valence-corrected chi connectivity index (χ1v) is 6.83. The van der Waals surface area contributed by atoms with Gasteiger partial charge in [-0.3, -0.25) is 0 Å². The maximum absolute atomic E-state index is 10.9. The fourth-order valence-corrected chi connectivity index (χ4v) is 0.472. The second-order valence-corrected chi connectivity index (χ2v) is 6.93. The third-order valence-corrected chi connectivity index (χ3v) is 1.41. The first-order chi connectivity index (χ1) is 3.54. The molecule has 0 saturated carbocycles. The van der Waals surface area contributed by atoms with E-state index in [4.69, 9.17) is 4.79 Å². The summed E-state index contributed by atoms with van der Waals surface area (Å²) in [6.07, 6.45) is -0.227. The summed E-state index contributed by atoms with van der Waals surface area (Å²) in [5.41, 5.74) is 0. The number of rotatable bonds is 1. The molecule has 0 aromatic heterocycles. The minimum absolute atomic E-state index is 0.227. The van der Waals surface area contributed by atoms with Gasteiger partial charge in [-0.15, -0.1) is 0 Å². The summed E-state index contributed by atoms with van der Waals surface area (Å²) in [5.74, 6) is 0. The second-order valence-electron chi connectivity index (χ2n) is 1.11. The van der Waals surface area contributed by atoms with E-state index < -0.39 is 18.5 Å². The fraction of sp³-hybridized carbons (Fsp3) is 0. The number of hydrogen-bond acceptors (Lipinski definition) is 2. The Morgan fingerprint density at radius 3 is 1.44 bits per heavy atom. The number of hydrogen-bond donors (Lipinski definition) is 0. The molecule has 2 nitrogen and oxygen atoms in total. The third kappa shape index (κ3) is 7.82. The molecule has 0 atom stereocenters. The monoisotopic (exact) mass is 267 g/mol. The first-order valence-electron chi connectivity index (χ1n) is 1.38. The van der Waals surface area contributed by atoms with Crippen LogP contribution in [0.5, 0.6) is 0 Å². The van der Waals surface area contributed by atoms with Gasteiger partial charge in [0.2, 0.25) is 0 Å². The van der Waals surface area contributed by atoms with E-state index >= 15 is 0 Å². The van der Waals surface area contributed by atoms with Crippen LogP contribution < -0.4 is 0 Å². The molecule has 0 aliphatic rings. The van der Waals surface area contributed by atoms with E-state index in [2.05, 4.69) is 0 Å². The van der Waals surface area contributed by atoms with Gasteiger partial charge in [-0.25, -0.2) is 0 Å². The van der Waals surface area contributed by atoms with Crippen molar-refractivity contribution in [3.63, 3.8) is 0 Å². The van der Waals surface area contributed by atoms with Gasteiger partial charge in [0.15, 0.2) is 0 Å². The topological polar surface area (TPSA) is 29.4 Å². The Balaban J connectivity index is 4.99. The average Bonchev–Trinajstić information content (AvgIpc) is 1.22. The Bertz CT molecular complexity index is 170. The van der Waals surface area contributed by atoms with Gasteiger partial charge in [0, 0.05) is 0 Å². The molecule has 0 radical (unpaired) electrons.